The third kappa shape index (κ3) is 2.33. The summed E-state index contributed by atoms with van der Waals surface area (Å²) in [6.07, 6.45) is 5.54. The lowest BCUT2D eigenvalue weighted by atomic mass is 10.1. The summed E-state index contributed by atoms with van der Waals surface area (Å²) in [5.41, 5.74) is 1.68. The Hall–Kier alpha value is -2.17. The van der Waals surface area contributed by atoms with Gasteiger partial charge in [0.25, 0.3) is 0 Å². The Kier molecular flexibility index (Phi) is 3.18. The molecule has 0 radical (unpaired) electrons. The second-order valence-electron chi connectivity index (χ2n) is 3.72. The first kappa shape index (κ1) is 11.3. The topological polar surface area (TPSA) is 78.9 Å². The molecule has 0 saturated carbocycles. The molecule has 2 heterocycles. The molecule has 1 unspecified atom stereocenters. The van der Waals surface area contributed by atoms with Gasteiger partial charge in [0.15, 0.2) is 0 Å². The summed E-state index contributed by atoms with van der Waals surface area (Å²) in [5, 5.41) is 9.03. The minimum Gasteiger partial charge on any atom is -0.481 e. The summed E-state index contributed by atoms with van der Waals surface area (Å²) < 4.78 is 0. The second-order valence-corrected chi connectivity index (χ2v) is 3.72. The van der Waals surface area contributed by atoms with E-state index < -0.39 is 11.9 Å². The van der Waals surface area contributed by atoms with E-state index in [0.717, 1.165) is 11.3 Å². The molecule has 0 bridgehead atoms. The molecule has 2 N–H and O–H groups in total. The van der Waals surface area contributed by atoms with Crippen LogP contribution in [0.4, 0.5) is 0 Å². The van der Waals surface area contributed by atoms with E-state index in [1.807, 2.05) is 19.1 Å². The number of hydrogen-bond donors (Lipinski definition) is 2. The number of aromatic nitrogens is 3. The van der Waals surface area contributed by atoms with Gasteiger partial charge in [-0.2, -0.15) is 0 Å². The van der Waals surface area contributed by atoms with Gasteiger partial charge in [-0.25, -0.2) is 4.98 Å². The van der Waals surface area contributed by atoms with Crippen molar-refractivity contribution < 1.29 is 9.90 Å². The number of carbonyl (C=O) groups is 1. The lowest BCUT2D eigenvalue weighted by molar-refractivity contribution is -0.139. The van der Waals surface area contributed by atoms with Crippen LogP contribution in [-0.2, 0) is 4.79 Å². The number of aromatic amines is 1. The SMILES string of the molecule is CCC(C(=O)O)c1ncc(-c2cccnc2)[nH]1. The van der Waals surface area contributed by atoms with Crippen LogP contribution in [0.2, 0.25) is 0 Å². The fourth-order valence-corrected chi connectivity index (χ4v) is 1.67. The molecule has 2 rings (SSSR count). The highest BCUT2D eigenvalue weighted by Crippen LogP contribution is 2.21. The summed E-state index contributed by atoms with van der Waals surface area (Å²) in [6, 6.07) is 3.72. The Morgan fingerprint density at radius 3 is 2.94 bits per heavy atom. The Balaban J connectivity index is 2.30. The zero-order valence-electron chi connectivity index (χ0n) is 9.42. The minimum atomic E-state index is -0.861. The average molecular weight is 231 g/mol. The number of pyridine rings is 1. The van der Waals surface area contributed by atoms with E-state index in [-0.39, 0.29) is 0 Å². The van der Waals surface area contributed by atoms with E-state index in [2.05, 4.69) is 15.0 Å². The Labute approximate surface area is 98.6 Å². The molecule has 17 heavy (non-hydrogen) atoms. The van der Waals surface area contributed by atoms with Crippen molar-refractivity contribution in [2.45, 2.75) is 19.3 Å². The van der Waals surface area contributed by atoms with Crippen LogP contribution in [0.1, 0.15) is 25.1 Å². The van der Waals surface area contributed by atoms with Gasteiger partial charge in [-0.05, 0) is 18.6 Å². The number of carboxylic acids is 1. The average Bonchev–Trinajstić information content (AvgIpc) is 2.80. The number of nitrogens with zero attached hydrogens (tertiary/aromatic N) is 2. The standard InChI is InChI=1S/C12H13N3O2/c1-2-9(12(16)17)11-14-7-10(15-11)8-4-3-5-13-6-8/h3-7,9H,2H2,1H3,(H,14,15)(H,16,17). The zero-order valence-corrected chi connectivity index (χ0v) is 9.42. The third-order valence-electron chi connectivity index (χ3n) is 2.60. The molecule has 0 aromatic carbocycles. The van der Waals surface area contributed by atoms with Crippen LogP contribution in [0.3, 0.4) is 0 Å². The third-order valence-corrected chi connectivity index (χ3v) is 2.60. The maximum Gasteiger partial charge on any atom is 0.314 e. The van der Waals surface area contributed by atoms with Crippen LogP contribution >= 0.6 is 0 Å². The minimum absolute atomic E-state index is 0.485. The number of imidazole rings is 1. The fraction of sp³-hybridized carbons (Fsp3) is 0.250. The fourth-order valence-electron chi connectivity index (χ4n) is 1.67. The first-order chi connectivity index (χ1) is 8.22. The predicted molar refractivity (Wildman–Crippen MR) is 62.5 cm³/mol. The number of rotatable bonds is 4. The highest BCUT2D eigenvalue weighted by molar-refractivity contribution is 5.75. The van der Waals surface area contributed by atoms with Crippen molar-refractivity contribution in [3.05, 3.63) is 36.5 Å². The molecule has 0 amide bonds. The van der Waals surface area contributed by atoms with E-state index in [4.69, 9.17) is 5.11 Å². The molecule has 0 aliphatic heterocycles. The molecule has 0 fully saturated rings. The van der Waals surface area contributed by atoms with E-state index in [9.17, 15) is 4.79 Å². The Morgan fingerprint density at radius 2 is 2.35 bits per heavy atom. The van der Waals surface area contributed by atoms with Gasteiger partial charge in [0.1, 0.15) is 11.7 Å². The number of aliphatic carboxylic acids is 1. The van der Waals surface area contributed by atoms with Gasteiger partial charge in [-0.3, -0.25) is 9.78 Å². The van der Waals surface area contributed by atoms with Crippen LogP contribution in [0.25, 0.3) is 11.3 Å². The molecule has 5 nitrogen and oxygen atoms in total. The summed E-state index contributed by atoms with van der Waals surface area (Å²) in [7, 11) is 0. The zero-order chi connectivity index (χ0) is 12.3. The highest BCUT2D eigenvalue weighted by Gasteiger charge is 2.20. The Bertz CT molecular complexity index is 507. The van der Waals surface area contributed by atoms with Gasteiger partial charge in [-0.15, -0.1) is 0 Å². The van der Waals surface area contributed by atoms with Crippen molar-refractivity contribution in [2.24, 2.45) is 0 Å². The van der Waals surface area contributed by atoms with Crippen molar-refractivity contribution in [1.29, 1.82) is 0 Å². The van der Waals surface area contributed by atoms with Crippen LogP contribution in [0.5, 0.6) is 0 Å². The molecule has 5 heteroatoms. The van der Waals surface area contributed by atoms with Crippen molar-refractivity contribution in [3.8, 4) is 11.3 Å². The van der Waals surface area contributed by atoms with Crippen molar-refractivity contribution in [1.82, 2.24) is 15.0 Å². The van der Waals surface area contributed by atoms with E-state index in [1.54, 1.807) is 18.6 Å². The molecule has 88 valence electrons. The first-order valence-electron chi connectivity index (χ1n) is 5.40. The van der Waals surface area contributed by atoms with Gasteiger partial charge < -0.3 is 10.1 Å². The molecule has 0 aliphatic rings. The summed E-state index contributed by atoms with van der Waals surface area (Å²) >= 11 is 0. The summed E-state index contributed by atoms with van der Waals surface area (Å²) in [4.78, 5) is 22.2. The van der Waals surface area contributed by atoms with Crippen LogP contribution in [0.15, 0.2) is 30.7 Å². The monoisotopic (exact) mass is 231 g/mol. The number of nitrogens with one attached hydrogen (secondary N) is 1. The van der Waals surface area contributed by atoms with Gasteiger partial charge in [0.2, 0.25) is 0 Å². The molecule has 2 aromatic heterocycles. The normalized spacial score (nSPS) is 12.3. The van der Waals surface area contributed by atoms with Gasteiger partial charge >= 0.3 is 5.97 Å². The van der Waals surface area contributed by atoms with Crippen molar-refractivity contribution in [2.75, 3.05) is 0 Å². The van der Waals surface area contributed by atoms with Crippen LogP contribution in [0, 0.1) is 0 Å². The van der Waals surface area contributed by atoms with Gasteiger partial charge in [-0.1, -0.05) is 6.92 Å². The van der Waals surface area contributed by atoms with Crippen LogP contribution in [-0.4, -0.2) is 26.0 Å². The number of carboxylic acid groups (broad SMARTS) is 1. The number of hydrogen-bond acceptors (Lipinski definition) is 3. The molecule has 1 atom stereocenters. The molecular formula is C12H13N3O2. The maximum atomic E-state index is 11.0. The molecule has 2 aromatic rings. The van der Waals surface area contributed by atoms with Crippen molar-refractivity contribution in [3.63, 3.8) is 0 Å². The maximum absolute atomic E-state index is 11.0. The largest absolute Gasteiger partial charge is 0.481 e. The van der Waals surface area contributed by atoms with Crippen molar-refractivity contribution >= 4 is 5.97 Å². The lowest BCUT2D eigenvalue weighted by Gasteiger charge is -2.05. The lowest BCUT2D eigenvalue weighted by Crippen LogP contribution is -2.11. The van der Waals surface area contributed by atoms with E-state index in [1.165, 1.54) is 0 Å². The van der Waals surface area contributed by atoms with Gasteiger partial charge in [0.05, 0.1) is 11.9 Å². The molecular weight excluding hydrogens is 218 g/mol. The number of H-pyrrole nitrogens is 1. The first-order valence-corrected chi connectivity index (χ1v) is 5.40. The van der Waals surface area contributed by atoms with Crippen LogP contribution < -0.4 is 0 Å². The second kappa shape index (κ2) is 4.78. The van der Waals surface area contributed by atoms with E-state index in [0.29, 0.717) is 12.2 Å². The quantitative estimate of drug-likeness (QED) is 0.844. The Morgan fingerprint density at radius 1 is 1.53 bits per heavy atom. The summed E-state index contributed by atoms with van der Waals surface area (Å²) in [5.74, 6) is -0.959. The van der Waals surface area contributed by atoms with Gasteiger partial charge in [0, 0.05) is 18.0 Å². The highest BCUT2D eigenvalue weighted by atomic mass is 16.4. The smallest absolute Gasteiger partial charge is 0.314 e. The summed E-state index contributed by atoms with van der Waals surface area (Å²) in [6.45, 7) is 1.82. The predicted octanol–water partition coefficient (Wildman–Crippen LogP) is 2.05. The molecule has 0 aliphatic carbocycles. The van der Waals surface area contributed by atoms with E-state index >= 15 is 0 Å². The molecule has 0 spiro atoms. The molecule has 0 saturated heterocycles.